The van der Waals surface area contributed by atoms with Gasteiger partial charge in [0, 0.05) is 22.7 Å². The molecular weight excluding hydrogens is 252 g/mol. The van der Waals surface area contributed by atoms with Crippen LogP contribution < -0.4 is 0 Å². The van der Waals surface area contributed by atoms with Gasteiger partial charge in [-0.05, 0) is 50.7 Å². The van der Waals surface area contributed by atoms with Crippen LogP contribution in [0.4, 0.5) is 0 Å². The van der Waals surface area contributed by atoms with Crippen molar-refractivity contribution in [2.24, 2.45) is 0 Å². The number of nitrogens with one attached hydrogen (secondary N) is 1. The van der Waals surface area contributed by atoms with E-state index >= 15 is 0 Å². The first-order valence-electron chi connectivity index (χ1n) is 6.92. The fourth-order valence-corrected chi connectivity index (χ4v) is 2.89. The maximum Gasteiger partial charge on any atom is 0.247 e. The fraction of sp³-hybridized carbons (Fsp3) is 0.333. The van der Waals surface area contributed by atoms with E-state index in [4.69, 9.17) is 4.42 Å². The lowest BCUT2D eigenvalue weighted by atomic mass is 10.1. The van der Waals surface area contributed by atoms with Gasteiger partial charge in [-0.15, -0.1) is 10.2 Å². The van der Waals surface area contributed by atoms with Crippen LogP contribution in [-0.2, 0) is 0 Å². The molecule has 3 aromatic rings. The van der Waals surface area contributed by atoms with E-state index in [2.05, 4.69) is 33.2 Å². The Hall–Kier alpha value is -2.14. The van der Waals surface area contributed by atoms with Crippen LogP contribution in [0.3, 0.4) is 0 Å². The summed E-state index contributed by atoms with van der Waals surface area (Å²) in [4.78, 5) is 5.45. The highest BCUT2D eigenvalue weighted by Crippen LogP contribution is 2.31. The van der Waals surface area contributed by atoms with Gasteiger partial charge < -0.3 is 9.40 Å². The smallest absolute Gasteiger partial charge is 0.247 e. The second-order valence-corrected chi connectivity index (χ2v) is 5.36. The molecule has 20 heavy (non-hydrogen) atoms. The first kappa shape index (κ1) is 11.7. The summed E-state index contributed by atoms with van der Waals surface area (Å²) in [6, 6.07) is 8.43. The van der Waals surface area contributed by atoms with Crippen LogP contribution in [0.25, 0.3) is 22.4 Å². The highest BCUT2D eigenvalue weighted by atomic mass is 16.4. The van der Waals surface area contributed by atoms with Gasteiger partial charge in [-0.25, -0.2) is 0 Å². The monoisotopic (exact) mass is 268 g/mol. The van der Waals surface area contributed by atoms with Crippen molar-refractivity contribution in [3.05, 3.63) is 36.4 Å². The van der Waals surface area contributed by atoms with Crippen molar-refractivity contribution in [2.45, 2.75) is 18.9 Å². The van der Waals surface area contributed by atoms with E-state index in [1.807, 2.05) is 24.4 Å². The molecule has 0 radical (unpaired) electrons. The molecule has 2 aromatic heterocycles. The van der Waals surface area contributed by atoms with Gasteiger partial charge in [-0.3, -0.25) is 4.90 Å². The van der Waals surface area contributed by atoms with Gasteiger partial charge in [0.25, 0.3) is 0 Å². The van der Waals surface area contributed by atoms with Crippen LogP contribution in [0.15, 0.2) is 34.9 Å². The molecule has 0 saturated carbocycles. The summed E-state index contributed by atoms with van der Waals surface area (Å²) in [5.41, 5.74) is 2.08. The highest BCUT2D eigenvalue weighted by molar-refractivity contribution is 5.83. The lowest BCUT2D eigenvalue weighted by molar-refractivity contribution is 0.269. The summed E-state index contributed by atoms with van der Waals surface area (Å²) in [7, 11) is 2.10. The second kappa shape index (κ2) is 4.45. The predicted molar refractivity (Wildman–Crippen MR) is 76.2 cm³/mol. The first-order chi connectivity index (χ1) is 9.81. The Morgan fingerprint density at radius 3 is 3.10 bits per heavy atom. The first-order valence-corrected chi connectivity index (χ1v) is 6.92. The van der Waals surface area contributed by atoms with E-state index in [9.17, 15) is 0 Å². The number of rotatable bonds is 2. The molecule has 5 heteroatoms. The third kappa shape index (κ3) is 1.82. The molecule has 1 aliphatic heterocycles. The number of hydrogen-bond donors (Lipinski definition) is 1. The Bertz CT molecular complexity index is 745. The van der Waals surface area contributed by atoms with Crippen LogP contribution >= 0.6 is 0 Å². The standard InChI is InChI=1S/C15H16N4O/c1-19-8-2-3-13(19)15-18-17-14(20-15)11-4-5-12-10(9-11)6-7-16-12/h4-7,9,13,16H,2-3,8H2,1H3. The lowest BCUT2D eigenvalue weighted by Gasteiger charge is -2.14. The van der Waals surface area contributed by atoms with Crippen LogP contribution in [0.5, 0.6) is 0 Å². The molecule has 1 aliphatic rings. The molecular formula is C15H16N4O. The topological polar surface area (TPSA) is 58.0 Å². The molecule has 0 spiro atoms. The zero-order chi connectivity index (χ0) is 13.5. The minimum Gasteiger partial charge on any atom is -0.419 e. The van der Waals surface area contributed by atoms with Gasteiger partial charge in [-0.2, -0.15) is 0 Å². The Morgan fingerprint density at radius 1 is 1.30 bits per heavy atom. The molecule has 1 atom stereocenters. The van der Waals surface area contributed by atoms with E-state index in [1.165, 1.54) is 6.42 Å². The number of fused-ring (bicyclic) bond motifs is 1. The van der Waals surface area contributed by atoms with Crippen molar-refractivity contribution in [3.8, 4) is 11.5 Å². The number of aromatic amines is 1. The van der Waals surface area contributed by atoms with E-state index < -0.39 is 0 Å². The van der Waals surface area contributed by atoms with Gasteiger partial charge >= 0.3 is 0 Å². The van der Waals surface area contributed by atoms with Gasteiger partial charge in [-0.1, -0.05) is 0 Å². The SMILES string of the molecule is CN1CCCC1c1nnc(-c2ccc3[nH]ccc3c2)o1. The molecule has 4 rings (SSSR count). The molecule has 0 amide bonds. The van der Waals surface area contributed by atoms with Crippen molar-refractivity contribution < 1.29 is 4.42 Å². The van der Waals surface area contributed by atoms with E-state index in [-0.39, 0.29) is 6.04 Å². The van der Waals surface area contributed by atoms with Gasteiger partial charge in [0.1, 0.15) is 0 Å². The van der Waals surface area contributed by atoms with Crippen molar-refractivity contribution in [2.75, 3.05) is 13.6 Å². The average Bonchev–Trinajstić information content (AvgIpc) is 3.17. The summed E-state index contributed by atoms with van der Waals surface area (Å²) in [6.45, 7) is 1.09. The number of likely N-dealkylation sites (tertiary alicyclic amines) is 1. The summed E-state index contributed by atoms with van der Waals surface area (Å²) >= 11 is 0. The Labute approximate surface area is 116 Å². The fourth-order valence-electron chi connectivity index (χ4n) is 2.89. The van der Waals surface area contributed by atoms with Crippen molar-refractivity contribution in [3.63, 3.8) is 0 Å². The summed E-state index contributed by atoms with van der Waals surface area (Å²) < 4.78 is 5.88. The molecule has 5 nitrogen and oxygen atoms in total. The highest BCUT2D eigenvalue weighted by Gasteiger charge is 2.27. The summed E-state index contributed by atoms with van der Waals surface area (Å²) in [6.07, 6.45) is 4.21. The third-order valence-corrected chi connectivity index (χ3v) is 4.05. The number of aromatic nitrogens is 3. The van der Waals surface area contributed by atoms with E-state index in [0.717, 1.165) is 35.3 Å². The predicted octanol–water partition coefficient (Wildman–Crippen LogP) is 2.98. The molecule has 1 unspecified atom stereocenters. The Kier molecular flexibility index (Phi) is 2.60. The van der Waals surface area contributed by atoms with Crippen molar-refractivity contribution in [1.29, 1.82) is 0 Å². The molecule has 3 heterocycles. The molecule has 1 N–H and O–H groups in total. The number of hydrogen-bond acceptors (Lipinski definition) is 4. The number of benzene rings is 1. The molecule has 0 aliphatic carbocycles. The summed E-state index contributed by atoms with van der Waals surface area (Å²) in [5, 5.41) is 9.58. The second-order valence-electron chi connectivity index (χ2n) is 5.36. The molecule has 102 valence electrons. The minimum absolute atomic E-state index is 0.271. The van der Waals surface area contributed by atoms with Crippen molar-refractivity contribution in [1.82, 2.24) is 20.1 Å². The van der Waals surface area contributed by atoms with Crippen LogP contribution in [0.1, 0.15) is 24.8 Å². The average molecular weight is 268 g/mol. The largest absolute Gasteiger partial charge is 0.419 e. The normalized spacial score (nSPS) is 19.9. The molecule has 0 bridgehead atoms. The molecule has 1 fully saturated rings. The van der Waals surface area contributed by atoms with Gasteiger partial charge in [0.15, 0.2) is 0 Å². The Morgan fingerprint density at radius 2 is 2.25 bits per heavy atom. The van der Waals surface area contributed by atoms with Crippen LogP contribution in [-0.4, -0.2) is 33.7 Å². The maximum absolute atomic E-state index is 5.88. The van der Waals surface area contributed by atoms with Gasteiger partial charge in [0.2, 0.25) is 11.8 Å². The van der Waals surface area contributed by atoms with E-state index in [0.29, 0.717) is 5.89 Å². The zero-order valence-electron chi connectivity index (χ0n) is 11.3. The maximum atomic E-state index is 5.88. The molecule has 1 aromatic carbocycles. The number of H-pyrrole nitrogens is 1. The zero-order valence-corrected chi connectivity index (χ0v) is 11.3. The molecule has 1 saturated heterocycles. The van der Waals surface area contributed by atoms with Crippen LogP contribution in [0, 0.1) is 0 Å². The Balaban J connectivity index is 1.70. The van der Waals surface area contributed by atoms with E-state index in [1.54, 1.807) is 0 Å². The number of nitrogens with zero attached hydrogens (tertiary/aromatic N) is 3. The van der Waals surface area contributed by atoms with Crippen LogP contribution in [0.2, 0.25) is 0 Å². The summed E-state index contributed by atoms with van der Waals surface area (Å²) in [5.74, 6) is 1.33. The quantitative estimate of drug-likeness (QED) is 0.776. The third-order valence-electron chi connectivity index (χ3n) is 4.05. The lowest BCUT2D eigenvalue weighted by Crippen LogP contribution is -2.17. The van der Waals surface area contributed by atoms with Crippen molar-refractivity contribution >= 4 is 10.9 Å². The van der Waals surface area contributed by atoms with Gasteiger partial charge in [0.05, 0.1) is 6.04 Å². The minimum atomic E-state index is 0.271.